The van der Waals surface area contributed by atoms with Crippen LogP contribution in [-0.2, 0) is 91.2 Å². The van der Waals surface area contributed by atoms with Gasteiger partial charge in [0.25, 0.3) is 6.47 Å². The second kappa shape index (κ2) is 40.2. The van der Waals surface area contributed by atoms with Crippen molar-refractivity contribution >= 4 is 70.8 Å². The van der Waals surface area contributed by atoms with Crippen LogP contribution in [0.4, 0.5) is 13.2 Å². The summed E-state index contributed by atoms with van der Waals surface area (Å²) in [6, 6.07) is 20.4. The molecule has 3 unspecified atom stereocenters. The fraction of sp³-hybridized carbons (Fsp3) is 0.444. The van der Waals surface area contributed by atoms with E-state index in [0.29, 0.717) is 29.1 Å². The van der Waals surface area contributed by atoms with Gasteiger partial charge in [-0.05, 0) is 235 Å². The van der Waals surface area contributed by atoms with Gasteiger partial charge in [0.1, 0.15) is 47.3 Å². The Bertz CT molecular complexity index is 3780. The van der Waals surface area contributed by atoms with Crippen molar-refractivity contribution in [3.05, 3.63) is 172 Å². The molecular formula is C72H82Cl4Cs2F3LiO16. The zero-order valence-corrected chi connectivity index (χ0v) is 72.1. The third kappa shape index (κ3) is 24.3. The largest absolute Gasteiger partial charge is 1.00 e. The quantitative estimate of drug-likeness (QED) is 0.0241. The third-order valence-corrected chi connectivity index (χ3v) is 17.6. The van der Waals surface area contributed by atoms with Gasteiger partial charge in [-0.1, -0.05) is 42.2 Å². The summed E-state index contributed by atoms with van der Waals surface area (Å²) in [6.07, 6.45) is 7.63. The number of alkyl halides is 1. The number of carbonyl (C=O) groups is 4. The molecule has 0 saturated heterocycles. The minimum atomic E-state index is -0.865. The summed E-state index contributed by atoms with van der Waals surface area (Å²) in [6.45, 7) is 16.6. The number of aliphatic carboxylic acids is 1. The molecule has 3 atom stereocenters. The molecule has 6 aromatic rings. The summed E-state index contributed by atoms with van der Waals surface area (Å²) in [4.78, 5) is 45.5. The van der Waals surface area contributed by atoms with Crippen molar-refractivity contribution in [2.24, 2.45) is 0 Å². The first-order valence-electron chi connectivity index (χ1n) is 30.8. The van der Waals surface area contributed by atoms with E-state index in [4.69, 9.17) is 94.7 Å². The van der Waals surface area contributed by atoms with Crippen LogP contribution in [0.1, 0.15) is 187 Å². The Morgan fingerprint density at radius 3 is 1.23 bits per heavy atom. The van der Waals surface area contributed by atoms with E-state index in [2.05, 4.69) is 18.7 Å². The van der Waals surface area contributed by atoms with Gasteiger partial charge in [0, 0.05) is 51.0 Å². The molecule has 0 bridgehead atoms. The number of fused-ring (bicyclic) bond motifs is 6. The van der Waals surface area contributed by atoms with Crippen LogP contribution in [0.3, 0.4) is 0 Å². The number of hydrogen-bond acceptors (Lipinski definition) is 15. The number of hydrogen-bond donors (Lipinski definition) is 2. The first kappa shape index (κ1) is 89.8. The number of ether oxygens (including phenoxy) is 7. The van der Waals surface area contributed by atoms with E-state index < -0.39 is 23.4 Å². The Labute approximate surface area is 722 Å². The molecule has 16 nitrogen and oxygen atoms in total. The monoisotopic (exact) mass is 1670 g/mol. The third-order valence-electron chi connectivity index (χ3n) is 16.6. The minimum Gasteiger partial charge on any atom is -1.00 e. The SMILES string of the molecule is C.CC1(C)Cc2cc(Cl)cc(CCl)c2O1.CC1(C)Cc2cc(Cl)cc(COc3cc4c(cc3F)C(CC(=O)O)CC4)c2O1.CCOC(=O)CC1CCc2cc(O)c(F)cc21.CCOC(=O)CC1CCc2cc(OCc3cc(Cl)cc4c3OC(C)(C)C4)c(F)cc21.O=CO[O-].[Cs+].[Cs+].[H-].[Li+].[OH-]. The van der Waals surface area contributed by atoms with Gasteiger partial charge in [0.2, 0.25) is 0 Å². The minimum absolute atomic E-state index is 0. The molecule has 0 fully saturated rings. The number of halogens is 7. The van der Waals surface area contributed by atoms with Gasteiger partial charge in [0.05, 0.1) is 38.4 Å². The maximum atomic E-state index is 14.8. The Morgan fingerprint density at radius 1 is 0.571 bits per heavy atom. The van der Waals surface area contributed by atoms with Crippen molar-refractivity contribution < 1.29 is 249 Å². The number of carboxylic acids is 1. The van der Waals surface area contributed by atoms with Crippen molar-refractivity contribution in [3.8, 4) is 34.5 Å². The summed E-state index contributed by atoms with van der Waals surface area (Å²) in [5.41, 5.74) is 10.5. The van der Waals surface area contributed by atoms with Crippen molar-refractivity contribution in [2.75, 3.05) is 13.2 Å². The fourth-order valence-electron chi connectivity index (χ4n) is 12.9. The first-order chi connectivity index (χ1) is 44.0. The van der Waals surface area contributed by atoms with Gasteiger partial charge in [-0.3, -0.25) is 19.2 Å². The number of benzene rings is 6. The zero-order valence-electron chi connectivity index (χ0n) is 57.6. The van der Waals surface area contributed by atoms with Gasteiger partial charge in [0.15, 0.2) is 34.7 Å². The van der Waals surface area contributed by atoms with Gasteiger partial charge >= 0.3 is 175 Å². The van der Waals surface area contributed by atoms with Gasteiger partial charge in [-0.25, -0.2) is 13.2 Å². The molecule has 0 aromatic heterocycles. The Kier molecular flexibility index (Phi) is 36.8. The van der Waals surface area contributed by atoms with E-state index in [1.54, 1.807) is 32.0 Å². The number of aryl methyl sites for hydroxylation is 3. The molecule has 0 spiro atoms. The standard InChI is InChI=1S/C24H26ClFO4.C22H22ClFO4.C13H15FO3.C11H12Cl2O.CH2O3.CH4.2Cs.Li.H2O.H/c1-4-28-22(27)10-15-6-5-14-9-21(20(26)11-19(14)15)29-13-17-8-18(25)7-16-12-24(2,3)30-23(16)17;1-22(2)10-14-5-16(23)6-15(21(14)28-22)11-27-19-7-12-3-4-13(8-20(25)26)17(12)9-18(19)24;1-2-17-13(16)6-9-4-3-8-5-12(15)11(14)7-10(8)9;1-11(2)5-7-3-9(13)4-8(6-12)10(7)14-11;2-1-4-3;;;;;;/h7-9,11,15H,4-6,10,12-13H2,1-3H3;5-7,9,13H,3-4,8,10-11H2,1-2H3,(H,25,26);5,7,9,15H,2-4,6H2,1H3;3-4H,5-6H2,1-2H3;1,3H;1H4;;;;1H2;/q;;;;;;3*+1;;-1/p-2. The summed E-state index contributed by atoms with van der Waals surface area (Å²) in [5, 5.41) is 28.7. The van der Waals surface area contributed by atoms with Crippen LogP contribution in [0.2, 0.25) is 15.1 Å². The van der Waals surface area contributed by atoms with E-state index in [9.17, 15) is 32.7 Å². The number of phenols is 1. The average Bonchev–Trinajstić information content (AvgIpc) is 1.68. The van der Waals surface area contributed by atoms with Crippen LogP contribution in [0.15, 0.2) is 72.8 Å². The zero-order chi connectivity index (χ0) is 67.7. The molecule has 3 N–H and O–H groups in total. The molecule has 3 heterocycles. The predicted octanol–water partition coefficient (Wildman–Crippen LogP) is 7.36. The summed E-state index contributed by atoms with van der Waals surface area (Å²) < 4.78 is 82.1. The number of rotatable bonds is 16. The molecule has 12 rings (SSSR count). The topological polar surface area (TPSA) is 236 Å². The maximum absolute atomic E-state index is 14.8. The molecule has 518 valence electrons. The predicted molar refractivity (Wildman–Crippen MR) is 354 cm³/mol. The van der Waals surface area contributed by atoms with Crippen molar-refractivity contribution in [1.82, 2.24) is 0 Å². The molecule has 3 aliphatic carbocycles. The molecule has 6 aliphatic rings. The van der Waals surface area contributed by atoms with Crippen molar-refractivity contribution in [1.29, 1.82) is 0 Å². The van der Waals surface area contributed by atoms with Crippen LogP contribution in [-0.4, -0.2) is 70.1 Å². The van der Waals surface area contributed by atoms with E-state index >= 15 is 0 Å². The maximum Gasteiger partial charge on any atom is 1.00 e. The Morgan fingerprint density at radius 2 is 0.898 bits per heavy atom. The normalized spacial score (nSPS) is 17.0. The molecule has 0 radical (unpaired) electrons. The number of aromatic hydroxyl groups is 1. The molecule has 0 amide bonds. The average molecular weight is 1670 g/mol. The molecular weight excluding hydrogens is 1590 g/mol. The second-order valence-corrected chi connectivity index (χ2v) is 27.0. The molecule has 0 saturated carbocycles. The molecule has 98 heavy (non-hydrogen) atoms. The fourth-order valence-corrected chi connectivity index (χ4v) is 13.8. The van der Waals surface area contributed by atoms with E-state index in [1.807, 2.05) is 58.0 Å². The van der Waals surface area contributed by atoms with Gasteiger partial charge in [-0.15, -0.1) is 11.6 Å². The number of phenolic OH excluding ortho intramolecular Hbond substituents is 1. The molecule has 3 aliphatic heterocycles. The molecule has 6 aromatic carbocycles. The van der Waals surface area contributed by atoms with E-state index in [1.165, 1.54) is 24.3 Å². The number of carbonyl (C=O) groups excluding carboxylic acids is 3. The van der Waals surface area contributed by atoms with Crippen LogP contribution in [0.5, 0.6) is 34.5 Å². The number of esters is 2. The number of carboxylic acid groups (broad SMARTS) is 1. The van der Waals surface area contributed by atoms with E-state index in [-0.39, 0.29) is 274 Å². The van der Waals surface area contributed by atoms with Crippen LogP contribution >= 0.6 is 46.4 Å². The first-order valence-corrected chi connectivity index (χ1v) is 32.4. The summed E-state index contributed by atoms with van der Waals surface area (Å²) in [7, 11) is 0. The van der Waals surface area contributed by atoms with E-state index in [0.717, 1.165) is 147 Å². The second-order valence-electron chi connectivity index (χ2n) is 25.5. The van der Waals surface area contributed by atoms with Crippen LogP contribution in [0, 0.1) is 17.5 Å². The van der Waals surface area contributed by atoms with Gasteiger partial charge in [-0.2, -0.15) is 0 Å². The van der Waals surface area contributed by atoms with Crippen molar-refractivity contribution in [2.45, 2.75) is 194 Å². The van der Waals surface area contributed by atoms with Gasteiger partial charge < -0.3 is 60.4 Å². The van der Waals surface area contributed by atoms with Crippen LogP contribution in [0.25, 0.3) is 0 Å². The summed E-state index contributed by atoms with van der Waals surface area (Å²) >= 11 is 24.3. The van der Waals surface area contributed by atoms with Crippen molar-refractivity contribution in [3.63, 3.8) is 0 Å². The smallest absolute Gasteiger partial charge is 1.00 e. The summed E-state index contributed by atoms with van der Waals surface area (Å²) in [5.74, 6) is -0.0515. The Hall–Kier alpha value is -2.43. The Balaban J connectivity index is 0.000000447. The van der Waals surface area contributed by atoms with Crippen LogP contribution < -0.4 is 186 Å². The molecule has 26 heteroatoms.